The van der Waals surface area contributed by atoms with E-state index >= 15 is 0 Å². The van der Waals surface area contributed by atoms with Gasteiger partial charge in [0.05, 0.1) is 7.11 Å². The number of benzene rings is 2. The molecule has 6 nitrogen and oxygen atoms in total. The van der Waals surface area contributed by atoms with Gasteiger partial charge in [-0.3, -0.25) is 4.79 Å². The molecule has 0 aliphatic rings. The molecule has 1 amide bonds. The first kappa shape index (κ1) is 22.1. The van der Waals surface area contributed by atoms with E-state index in [0.29, 0.717) is 6.42 Å². The van der Waals surface area contributed by atoms with Gasteiger partial charge in [0.2, 0.25) is 0 Å². The number of carbonyl (C=O) groups excluding carboxylic acids is 2. The molecule has 156 valence electrons. The molecular weight excluding hydrogens is 391 g/mol. The fourth-order valence-electron chi connectivity index (χ4n) is 2.45. The van der Waals surface area contributed by atoms with Crippen molar-refractivity contribution in [2.75, 3.05) is 13.7 Å². The van der Waals surface area contributed by atoms with E-state index in [9.17, 15) is 22.8 Å². The number of nitrogens with one attached hydrogen (secondary N) is 1. The molecule has 0 saturated carbocycles. The Morgan fingerprint density at radius 2 is 1.79 bits per heavy atom. The van der Waals surface area contributed by atoms with Gasteiger partial charge in [-0.25, -0.2) is 9.18 Å². The summed E-state index contributed by atoms with van der Waals surface area (Å²) in [6.45, 7) is -1.59. The minimum absolute atomic E-state index is 0.0730. The number of rotatable bonds is 9. The van der Waals surface area contributed by atoms with Crippen LogP contribution in [0.4, 0.5) is 13.2 Å². The number of halogens is 3. The molecule has 0 aliphatic heterocycles. The van der Waals surface area contributed by atoms with Gasteiger partial charge in [0.15, 0.2) is 17.6 Å². The zero-order chi connectivity index (χ0) is 21.4. The van der Waals surface area contributed by atoms with Crippen LogP contribution in [0.2, 0.25) is 0 Å². The number of alkyl halides is 2. The van der Waals surface area contributed by atoms with Gasteiger partial charge in [-0.05, 0) is 43.2 Å². The molecule has 0 heterocycles. The van der Waals surface area contributed by atoms with Crippen molar-refractivity contribution in [2.24, 2.45) is 0 Å². The summed E-state index contributed by atoms with van der Waals surface area (Å²) in [4.78, 5) is 24.5. The van der Waals surface area contributed by atoms with Gasteiger partial charge in [-0.15, -0.1) is 0 Å². The molecule has 0 aromatic heterocycles. The van der Waals surface area contributed by atoms with E-state index in [2.05, 4.69) is 10.1 Å². The number of para-hydroxylation sites is 1. The number of esters is 1. The van der Waals surface area contributed by atoms with Gasteiger partial charge in [-0.1, -0.05) is 18.2 Å². The van der Waals surface area contributed by atoms with E-state index in [1.165, 1.54) is 44.4 Å². The predicted molar refractivity (Wildman–Crippen MR) is 97.6 cm³/mol. The standard InChI is InChI=1S/C20H20F3NO5/c1-12(18(25)24-11-10-13-6-8-14(21)9-7-13)28-19(26)15-4-3-5-16(27-2)17(15)29-20(22)23/h3-9,12,20H,10-11H2,1-2H3,(H,24,25). The monoisotopic (exact) mass is 411 g/mol. The predicted octanol–water partition coefficient (Wildman–Crippen LogP) is 3.34. The molecule has 0 bridgehead atoms. The summed E-state index contributed by atoms with van der Waals surface area (Å²) >= 11 is 0. The van der Waals surface area contributed by atoms with Crippen molar-refractivity contribution in [3.63, 3.8) is 0 Å². The molecule has 29 heavy (non-hydrogen) atoms. The Hall–Kier alpha value is -3.23. The highest BCUT2D eigenvalue weighted by Gasteiger charge is 2.24. The maximum atomic E-state index is 12.9. The lowest BCUT2D eigenvalue weighted by molar-refractivity contribution is -0.129. The van der Waals surface area contributed by atoms with E-state index in [1.807, 2.05) is 0 Å². The topological polar surface area (TPSA) is 73.9 Å². The zero-order valence-corrected chi connectivity index (χ0v) is 15.8. The summed E-state index contributed by atoms with van der Waals surface area (Å²) in [6.07, 6.45) is -0.726. The van der Waals surface area contributed by atoms with E-state index in [4.69, 9.17) is 9.47 Å². The second kappa shape index (κ2) is 10.4. The lowest BCUT2D eigenvalue weighted by atomic mass is 10.1. The van der Waals surface area contributed by atoms with Crippen LogP contribution >= 0.6 is 0 Å². The first-order chi connectivity index (χ1) is 13.8. The summed E-state index contributed by atoms with van der Waals surface area (Å²) in [5, 5.41) is 2.59. The third-order valence-electron chi connectivity index (χ3n) is 3.90. The zero-order valence-electron chi connectivity index (χ0n) is 15.8. The van der Waals surface area contributed by atoms with Crippen molar-refractivity contribution in [2.45, 2.75) is 26.1 Å². The first-order valence-electron chi connectivity index (χ1n) is 8.66. The van der Waals surface area contributed by atoms with Crippen molar-refractivity contribution in [1.82, 2.24) is 5.32 Å². The number of ether oxygens (including phenoxy) is 3. The molecule has 0 saturated heterocycles. The summed E-state index contributed by atoms with van der Waals surface area (Å²) in [7, 11) is 1.24. The van der Waals surface area contributed by atoms with Crippen LogP contribution in [-0.2, 0) is 16.0 Å². The number of amides is 1. The fraction of sp³-hybridized carbons (Fsp3) is 0.300. The van der Waals surface area contributed by atoms with Crippen LogP contribution < -0.4 is 14.8 Å². The smallest absolute Gasteiger partial charge is 0.387 e. The highest BCUT2D eigenvalue weighted by Crippen LogP contribution is 2.33. The molecule has 9 heteroatoms. The molecular formula is C20H20F3NO5. The molecule has 0 radical (unpaired) electrons. The van der Waals surface area contributed by atoms with Gasteiger partial charge >= 0.3 is 12.6 Å². The van der Waals surface area contributed by atoms with Crippen molar-refractivity contribution in [3.05, 3.63) is 59.4 Å². The Bertz CT molecular complexity index is 843. The van der Waals surface area contributed by atoms with Crippen molar-refractivity contribution in [3.8, 4) is 11.5 Å². The summed E-state index contributed by atoms with van der Waals surface area (Å²) in [5.74, 6) is -2.48. The van der Waals surface area contributed by atoms with Crippen LogP contribution in [0.1, 0.15) is 22.8 Å². The number of methoxy groups -OCH3 is 1. The third-order valence-corrected chi connectivity index (χ3v) is 3.90. The third kappa shape index (κ3) is 6.41. The summed E-state index contributed by atoms with van der Waals surface area (Å²) < 4.78 is 52.5. The Morgan fingerprint density at radius 3 is 2.41 bits per heavy atom. The SMILES string of the molecule is COc1cccc(C(=O)OC(C)C(=O)NCCc2ccc(F)cc2)c1OC(F)F. The normalized spacial score (nSPS) is 11.7. The number of hydrogen-bond acceptors (Lipinski definition) is 5. The molecule has 0 aliphatic carbocycles. The lowest BCUT2D eigenvalue weighted by Gasteiger charge is -2.16. The molecule has 0 spiro atoms. The average molecular weight is 411 g/mol. The van der Waals surface area contributed by atoms with E-state index in [-0.39, 0.29) is 23.7 Å². The molecule has 0 fully saturated rings. The second-order valence-corrected chi connectivity index (χ2v) is 5.93. The average Bonchev–Trinajstić information content (AvgIpc) is 2.69. The van der Waals surface area contributed by atoms with Gasteiger partial charge in [0.25, 0.3) is 5.91 Å². The second-order valence-electron chi connectivity index (χ2n) is 5.93. The van der Waals surface area contributed by atoms with Gasteiger partial charge in [0, 0.05) is 6.54 Å². The first-order valence-corrected chi connectivity index (χ1v) is 8.66. The number of hydrogen-bond donors (Lipinski definition) is 1. The minimum Gasteiger partial charge on any atom is -0.493 e. The van der Waals surface area contributed by atoms with Crippen LogP contribution in [0, 0.1) is 5.82 Å². The van der Waals surface area contributed by atoms with Gasteiger partial charge in [0.1, 0.15) is 11.4 Å². The van der Waals surface area contributed by atoms with Crippen LogP contribution in [0.15, 0.2) is 42.5 Å². The highest BCUT2D eigenvalue weighted by molar-refractivity contribution is 5.95. The highest BCUT2D eigenvalue weighted by atomic mass is 19.3. The van der Waals surface area contributed by atoms with E-state index in [1.54, 1.807) is 12.1 Å². The molecule has 2 aromatic carbocycles. The van der Waals surface area contributed by atoms with E-state index < -0.39 is 30.3 Å². The van der Waals surface area contributed by atoms with Gasteiger partial charge in [-0.2, -0.15) is 8.78 Å². The van der Waals surface area contributed by atoms with Crippen LogP contribution in [0.3, 0.4) is 0 Å². The Kier molecular flexibility index (Phi) is 7.88. The Labute approximate surface area is 165 Å². The van der Waals surface area contributed by atoms with Crippen LogP contribution in [0.5, 0.6) is 11.5 Å². The fourth-order valence-corrected chi connectivity index (χ4v) is 2.45. The quantitative estimate of drug-likeness (QED) is 0.641. The Morgan fingerprint density at radius 1 is 1.10 bits per heavy atom. The molecule has 1 atom stereocenters. The Balaban J connectivity index is 1.95. The van der Waals surface area contributed by atoms with Gasteiger partial charge < -0.3 is 19.5 Å². The number of carbonyl (C=O) groups is 2. The maximum Gasteiger partial charge on any atom is 0.387 e. The maximum absolute atomic E-state index is 12.9. The van der Waals surface area contributed by atoms with Crippen LogP contribution in [0.25, 0.3) is 0 Å². The largest absolute Gasteiger partial charge is 0.493 e. The summed E-state index contributed by atoms with van der Waals surface area (Å²) in [6, 6.07) is 9.79. The van der Waals surface area contributed by atoms with Crippen molar-refractivity contribution >= 4 is 11.9 Å². The van der Waals surface area contributed by atoms with Crippen molar-refractivity contribution in [1.29, 1.82) is 0 Å². The molecule has 2 aromatic rings. The minimum atomic E-state index is -3.18. The van der Waals surface area contributed by atoms with Crippen molar-refractivity contribution < 1.29 is 37.0 Å². The molecule has 2 rings (SSSR count). The summed E-state index contributed by atoms with van der Waals surface area (Å²) in [5.41, 5.74) is 0.525. The lowest BCUT2D eigenvalue weighted by Crippen LogP contribution is -2.37. The van der Waals surface area contributed by atoms with E-state index in [0.717, 1.165) is 5.56 Å². The molecule has 1 N–H and O–H groups in total. The molecule has 1 unspecified atom stereocenters. The van der Waals surface area contributed by atoms with Crippen LogP contribution in [-0.4, -0.2) is 38.2 Å².